The number of halogens is 4. The number of ether oxygens (including phenoxy) is 1. The number of nitrogens with one attached hydrogen (secondary N) is 2. The van der Waals surface area contributed by atoms with Gasteiger partial charge in [-0.05, 0) is 19.2 Å². The van der Waals surface area contributed by atoms with E-state index in [-0.39, 0.29) is 25.4 Å². The summed E-state index contributed by atoms with van der Waals surface area (Å²) in [6.45, 7) is -1.44. The Morgan fingerprint density at radius 1 is 1.25 bits per heavy atom. The highest BCUT2D eigenvalue weighted by Crippen LogP contribution is 2.15. The molecular formula is C14H17F4N3O3. The van der Waals surface area contributed by atoms with Crippen molar-refractivity contribution in [2.45, 2.75) is 6.18 Å². The van der Waals surface area contributed by atoms with E-state index in [4.69, 9.17) is 4.74 Å². The molecule has 0 atom stereocenters. The Morgan fingerprint density at radius 3 is 2.54 bits per heavy atom. The van der Waals surface area contributed by atoms with Gasteiger partial charge in [-0.1, -0.05) is 12.1 Å². The van der Waals surface area contributed by atoms with Crippen LogP contribution in [0.4, 0.5) is 22.4 Å². The summed E-state index contributed by atoms with van der Waals surface area (Å²) in [7, 11) is 1.54. The van der Waals surface area contributed by atoms with Crippen LogP contribution in [0.25, 0.3) is 0 Å². The van der Waals surface area contributed by atoms with Crippen LogP contribution in [0, 0.1) is 5.82 Å². The Labute approximate surface area is 135 Å². The lowest BCUT2D eigenvalue weighted by molar-refractivity contribution is -0.125. The lowest BCUT2D eigenvalue weighted by Crippen LogP contribution is -2.46. The topological polar surface area (TPSA) is 70.7 Å². The quantitative estimate of drug-likeness (QED) is 0.731. The number of benzene rings is 1. The average Bonchev–Trinajstić information content (AvgIpc) is 2.46. The van der Waals surface area contributed by atoms with E-state index in [0.717, 1.165) is 0 Å². The van der Waals surface area contributed by atoms with E-state index in [0.29, 0.717) is 0 Å². The molecule has 0 fully saturated rings. The van der Waals surface area contributed by atoms with Crippen LogP contribution >= 0.6 is 0 Å². The fraction of sp³-hybridized carbons (Fsp3) is 0.429. The lowest BCUT2D eigenvalue weighted by Gasteiger charge is -2.16. The minimum atomic E-state index is -4.55. The third-order valence-electron chi connectivity index (χ3n) is 2.68. The fourth-order valence-electron chi connectivity index (χ4n) is 1.59. The Morgan fingerprint density at radius 2 is 1.92 bits per heavy atom. The third kappa shape index (κ3) is 8.32. The predicted molar refractivity (Wildman–Crippen MR) is 77.0 cm³/mol. The first kappa shape index (κ1) is 19.7. The number of hydrogen-bond acceptors (Lipinski definition) is 4. The van der Waals surface area contributed by atoms with Gasteiger partial charge in [0.15, 0.2) is 11.6 Å². The molecular weight excluding hydrogens is 334 g/mol. The summed E-state index contributed by atoms with van der Waals surface area (Å²) in [5.74, 6) is -1.22. The molecule has 0 aromatic heterocycles. The van der Waals surface area contributed by atoms with E-state index < -0.39 is 30.5 Å². The van der Waals surface area contributed by atoms with Gasteiger partial charge in [-0.15, -0.1) is 0 Å². The largest absolute Gasteiger partial charge is 0.489 e. The van der Waals surface area contributed by atoms with Crippen LogP contribution in [-0.4, -0.2) is 56.3 Å². The van der Waals surface area contributed by atoms with Crippen molar-refractivity contribution in [3.63, 3.8) is 0 Å². The van der Waals surface area contributed by atoms with Crippen molar-refractivity contribution in [3.05, 3.63) is 30.1 Å². The van der Waals surface area contributed by atoms with E-state index in [1.165, 1.54) is 35.5 Å². The van der Waals surface area contributed by atoms with Gasteiger partial charge in [0, 0.05) is 6.54 Å². The number of nitrogens with zero attached hydrogens (tertiary/aromatic N) is 1. The van der Waals surface area contributed by atoms with Gasteiger partial charge in [0.2, 0.25) is 5.91 Å². The van der Waals surface area contributed by atoms with Crippen LogP contribution in [0.2, 0.25) is 0 Å². The van der Waals surface area contributed by atoms with Gasteiger partial charge in [0.05, 0.1) is 6.54 Å². The molecule has 0 saturated carbocycles. The van der Waals surface area contributed by atoms with Gasteiger partial charge in [-0.25, -0.2) is 9.18 Å². The van der Waals surface area contributed by atoms with E-state index in [1.807, 2.05) is 0 Å². The van der Waals surface area contributed by atoms with Gasteiger partial charge in [-0.2, -0.15) is 13.2 Å². The second-order valence-electron chi connectivity index (χ2n) is 4.86. The fourth-order valence-corrected chi connectivity index (χ4v) is 1.59. The van der Waals surface area contributed by atoms with Crippen LogP contribution in [0.1, 0.15) is 0 Å². The van der Waals surface area contributed by atoms with E-state index in [1.54, 1.807) is 11.4 Å². The van der Waals surface area contributed by atoms with Crippen molar-refractivity contribution in [1.29, 1.82) is 0 Å². The van der Waals surface area contributed by atoms with Gasteiger partial charge < -0.3 is 10.1 Å². The first-order valence-corrected chi connectivity index (χ1v) is 6.87. The minimum Gasteiger partial charge on any atom is -0.489 e. The Balaban J connectivity index is 2.24. The monoisotopic (exact) mass is 351 g/mol. The molecule has 1 rings (SSSR count). The number of carbonyl (C=O) groups excluding carboxylic acids is 2. The maximum absolute atomic E-state index is 13.3. The molecule has 0 radical (unpaired) electrons. The second-order valence-corrected chi connectivity index (χ2v) is 4.86. The SMILES string of the molecule is CN(CCOc1ccccc1F)CC(=O)NC(=O)NCC(F)(F)F. The first-order valence-electron chi connectivity index (χ1n) is 6.87. The van der Waals surface area contributed by atoms with E-state index in [2.05, 4.69) is 0 Å². The summed E-state index contributed by atoms with van der Waals surface area (Å²) in [5, 5.41) is 3.29. The lowest BCUT2D eigenvalue weighted by atomic mass is 10.3. The Kier molecular flexibility index (Phi) is 7.43. The molecule has 134 valence electrons. The molecule has 6 nitrogen and oxygen atoms in total. The number of hydrogen-bond donors (Lipinski definition) is 2. The van der Waals surface area contributed by atoms with Crippen LogP contribution in [0.5, 0.6) is 5.75 Å². The molecule has 0 aliphatic heterocycles. The normalized spacial score (nSPS) is 11.2. The van der Waals surface area contributed by atoms with Gasteiger partial charge in [0.1, 0.15) is 13.2 Å². The second kappa shape index (κ2) is 9.06. The number of rotatable bonds is 7. The molecule has 3 amide bonds. The number of para-hydroxylation sites is 1. The summed E-state index contributed by atoms with van der Waals surface area (Å²) in [5.41, 5.74) is 0. The molecule has 0 aliphatic rings. The molecule has 0 aliphatic carbocycles. The van der Waals surface area contributed by atoms with Crippen molar-refractivity contribution >= 4 is 11.9 Å². The number of alkyl halides is 3. The maximum Gasteiger partial charge on any atom is 0.405 e. The van der Waals surface area contributed by atoms with Crippen molar-refractivity contribution in [2.24, 2.45) is 0 Å². The van der Waals surface area contributed by atoms with E-state index >= 15 is 0 Å². The number of carbonyl (C=O) groups is 2. The summed E-state index contributed by atoms with van der Waals surface area (Å²) >= 11 is 0. The summed E-state index contributed by atoms with van der Waals surface area (Å²) in [4.78, 5) is 24.0. The van der Waals surface area contributed by atoms with Crippen LogP contribution < -0.4 is 15.4 Å². The molecule has 1 aromatic rings. The molecule has 1 aromatic carbocycles. The Hall–Kier alpha value is -2.36. The molecule has 0 saturated heterocycles. The van der Waals surface area contributed by atoms with Crippen molar-refractivity contribution in [3.8, 4) is 5.75 Å². The molecule has 2 N–H and O–H groups in total. The molecule has 0 spiro atoms. The molecule has 24 heavy (non-hydrogen) atoms. The average molecular weight is 351 g/mol. The zero-order chi connectivity index (χ0) is 18.2. The van der Waals surface area contributed by atoms with Crippen molar-refractivity contribution < 1.29 is 31.9 Å². The van der Waals surface area contributed by atoms with Gasteiger partial charge >= 0.3 is 12.2 Å². The molecule has 0 unspecified atom stereocenters. The highest BCUT2D eigenvalue weighted by molar-refractivity contribution is 5.95. The zero-order valence-corrected chi connectivity index (χ0v) is 12.8. The third-order valence-corrected chi connectivity index (χ3v) is 2.68. The molecule has 0 bridgehead atoms. The van der Waals surface area contributed by atoms with Crippen LogP contribution in [-0.2, 0) is 4.79 Å². The van der Waals surface area contributed by atoms with Crippen molar-refractivity contribution in [1.82, 2.24) is 15.5 Å². The predicted octanol–water partition coefficient (Wildman–Crippen LogP) is 1.52. The zero-order valence-electron chi connectivity index (χ0n) is 12.8. The summed E-state index contributed by atoms with van der Waals surface area (Å²) in [6.07, 6.45) is -4.55. The van der Waals surface area contributed by atoms with Crippen LogP contribution in [0.15, 0.2) is 24.3 Å². The number of urea groups is 1. The smallest absolute Gasteiger partial charge is 0.405 e. The summed E-state index contributed by atoms with van der Waals surface area (Å²) < 4.78 is 54.2. The summed E-state index contributed by atoms with van der Waals surface area (Å²) in [6, 6.07) is 4.59. The number of amides is 3. The molecule has 10 heteroatoms. The first-order chi connectivity index (χ1) is 11.2. The van der Waals surface area contributed by atoms with Gasteiger partial charge in [-0.3, -0.25) is 15.0 Å². The highest BCUT2D eigenvalue weighted by Gasteiger charge is 2.28. The molecule has 0 heterocycles. The number of imide groups is 1. The highest BCUT2D eigenvalue weighted by atomic mass is 19.4. The van der Waals surface area contributed by atoms with E-state index in [9.17, 15) is 27.2 Å². The van der Waals surface area contributed by atoms with Gasteiger partial charge in [0.25, 0.3) is 0 Å². The minimum absolute atomic E-state index is 0.0712. The van der Waals surface area contributed by atoms with Crippen LogP contribution in [0.3, 0.4) is 0 Å². The number of likely N-dealkylation sites (N-methyl/N-ethyl adjacent to an activating group) is 1. The Bertz CT molecular complexity index is 566. The van der Waals surface area contributed by atoms with Crippen molar-refractivity contribution in [2.75, 3.05) is 33.3 Å². The maximum atomic E-state index is 13.3. The standard InChI is InChI=1S/C14H17F4N3O3/c1-21(6-7-24-11-5-3-2-4-10(11)15)8-12(22)20-13(23)19-9-14(16,17)18/h2-5H,6-9H2,1H3,(H2,19,20,22,23).